The van der Waals surface area contributed by atoms with Crippen molar-refractivity contribution < 1.29 is 4.74 Å². The zero-order chi connectivity index (χ0) is 12.3. The monoisotopic (exact) mass is 235 g/mol. The highest BCUT2D eigenvalue weighted by atomic mass is 16.5. The normalized spacial score (nSPS) is 16.9. The van der Waals surface area contributed by atoms with E-state index < -0.39 is 0 Å². The SMILES string of the molecule is CCCNc1cc(C2CC2)nc(C(C)OC)n1. The van der Waals surface area contributed by atoms with Gasteiger partial charge in [0.05, 0.1) is 0 Å². The molecule has 1 aromatic heterocycles. The Labute approximate surface area is 103 Å². The minimum Gasteiger partial charge on any atom is -0.374 e. The van der Waals surface area contributed by atoms with Gasteiger partial charge in [-0.3, -0.25) is 0 Å². The van der Waals surface area contributed by atoms with Gasteiger partial charge in [0.1, 0.15) is 11.9 Å². The van der Waals surface area contributed by atoms with E-state index in [-0.39, 0.29) is 6.10 Å². The van der Waals surface area contributed by atoms with Gasteiger partial charge in [-0.25, -0.2) is 9.97 Å². The van der Waals surface area contributed by atoms with Gasteiger partial charge in [-0.15, -0.1) is 0 Å². The third-order valence-corrected chi connectivity index (χ3v) is 3.03. The van der Waals surface area contributed by atoms with Crippen LogP contribution in [0.15, 0.2) is 6.07 Å². The van der Waals surface area contributed by atoms with E-state index in [1.165, 1.54) is 12.8 Å². The summed E-state index contributed by atoms with van der Waals surface area (Å²) in [5.41, 5.74) is 1.16. The van der Waals surface area contributed by atoms with E-state index in [1.807, 2.05) is 6.92 Å². The molecule has 1 aliphatic rings. The number of hydrogen-bond donors (Lipinski definition) is 1. The summed E-state index contributed by atoms with van der Waals surface area (Å²) < 4.78 is 5.30. The molecule has 1 N–H and O–H groups in total. The summed E-state index contributed by atoms with van der Waals surface area (Å²) in [5.74, 6) is 2.36. The molecule has 0 bridgehead atoms. The third kappa shape index (κ3) is 3.16. The first kappa shape index (κ1) is 12.3. The second-order valence-corrected chi connectivity index (χ2v) is 4.62. The zero-order valence-corrected chi connectivity index (χ0v) is 10.9. The molecule has 0 aliphatic heterocycles. The molecule has 0 amide bonds. The standard InChI is InChI=1S/C13H21N3O/c1-4-7-14-12-8-11(10-5-6-10)15-13(16-12)9(2)17-3/h8-10H,4-7H2,1-3H3,(H,14,15,16). The minimum absolute atomic E-state index is 0.0455. The van der Waals surface area contributed by atoms with Crippen LogP contribution in [-0.2, 0) is 4.74 Å². The van der Waals surface area contributed by atoms with E-state index in [4.69, 9.17) is 4.74 Å². The second kappa shape index (κ2) is 5.45. The fourth-order valence-corrected chi connectivity index (χ4v) is 1.70. The quantitative estimate of drug-likeness (QED) is 0.823. The molecule has 1 unspecified atom stereocenters. The molecular weight excluding hydrogens is 214 g/mol. The van der Waals surface area contributed by atoms with Crippen molar-refractivity contribution in [1.82, 2.24) is 9.97 Å². The lowest BCUT2D eigenvalue weighted by molar-refractivity contribution is 0.112. The Morgan fingerprint density at radius 1 is 1.47 bits per heavy atom. The van der Waals surface area contributed by atoms with Crippen molar-refractivity contribution >= 4 is 5.82 Å². The fourth-order valence-electron chi connectivity index (χ4n) is 1.70. The number of rotatable bonds is 6. The van der Waals surface area contributed by atoms with Crippen LogP contribution in [0, 0.1) is 0 Å². The van der Waals surface area contributed by atoms with Crippen LogP contribution in [-0.4, -0.2) is 23.6 Å². The molecule has 0 spiro atoms. The summed E-state index contributed by atoms with van der Waals surface area (Å²) in [5, 5.41) is 3.33. The molecule has 4 heteroatoms. The van der Waals surface area contributed by atoms with E-state index in [1.54, 1.807) is 7.11 Å². The Kier molecular flexibility index (Phi) is 3.94. The Hall–Kier alpha value is -1.16. The Bertz CT molecular complexity index is 377. The van der Waals surface area contributed by atoms with Crippen LogP contribution in [0.2, 0.25) is 0 Å². The first-order chi connectivity index (χ1) is 8.24. The van der Waals surface area contributed by atoms with E-state index in [0.29, 0.717) is 5.92 Å². The van der Waals surface area contributed by atoms with Gasteiger partial charge in [-0.2, -0.15) is 0 Å². The average molecular weight is 235 g/mol. The zero-order valence-electron chi connectivity index (χ0n) is 10.9. The highest BCUT2D eigenvalue weighted by Gasteiger charge is 2.26. The van der Waals surface area contributed by atoms with Gasteiger partial charge in [0, 0.05) is 31.3 Å². The summed E-state index contributed by atoms with van der Waals surface area (Å²) in [4.78, 5) is 9.10. The van der Waals surface area contributed by atoms with Crippen LogP contribution in [0.5, 0.6) is 0 Å². The molecule has 94 valence electrons. The molecule has 1 atom stereocenters. The van der Waals surface area contributed by atoms with Crippen molar-refractivity contribution in [2.75, 3.05) is 19.0 Å². The summed E-state index contributed by atoms with van der Waals surface area (Å²) in [6, 6.07) is 2.08. The van der Waals surface area contributed by atoms with Crippen LogP contribution >= 0.6 is 0 Å². The van der Waals surface area contributed by atoms with Gasteiger partial charge in [-0.1, -0.05) is 6.92 Å². The van der Waals surface area contributed by atoms with Gasteiger partial charge in [0.25, 0.3) is 0 Å². The first-order valence-corrected chi connectivity index (χ1v) is 6.40. The molecule has 1 heterocycles. The van der Waals surface area contributed by atoms with Crippen LogP contribution in [0.1, 0.15) is 56.7 Å². The maximum absolute atomic E-state index is 5.30. The molecule has 1 fully saturated rings. The van der Waals surface area contributed by atoms with Gasteiger partial charge >= 0.3 is 0 Å². The summed E-state index contributed by atoms with van der Waals surface area (Å²) >= 11 is 0. The molecular formula is C13H21N3O. The molecule has 2 rings (SSSR count). The highest BCUT2D eigenvalue weighted by Crippen LogP contribution is 2.39. The lowest BCUT2D eigenvalue weighted by atomic mass is 10.2. The van der Waals surface area contributed by atoms with Gasteiger partial charge < -0.3 is 10.1 Å². The number of hydrogen-bond acceptors (Lipinski definition) is 4. The number of anilines is 1. The molecule has 17 heavy (non-hydrogen) atoms. The van der Waals surface area contributed by atoms with E-state index in [0.717, 1.165) is 30.3 Å². The van der Waals surface area contributed by atoms with Gasteiger partial charge in [0.15, 0.2) is 5.82 Å². The molecule has 4 nitrogen and oxygen atoms in total. The number of ether oxygens (including phenoxy) is 1. The van der Waals surface area contributed by atoms with Crippen LogP contribution in [0.25, 0.3) is 0 Å². The average Bonchev–Trinajstić information content (AvgIpc) is 3.19. The molecule has 0 saturated heterocycles. The maximum atomic E-state index is 5.30. The predicted octanol–water partition coefficient (Wildman–Crippen LogP) is 2.88. The molecule has 0 aromatic carbocycles. The molecule has 1 aromatic rings. The van der Waals surface area contributed by atoms with E-state index in [2.05, 4.69) is 28.3 Å². The van der Waals surface area contributed by atoms with E-state index >= 15 is 0 Å². The number of nitrogens with one attached hydrogen (secondary N) is 1. The van der Waals surface area contributed by atoms with Crippen LogP contribution in [0.3, 0.4) is 0 Å². The summed E-state index contributed by atoms with van der Waals surface area (Å²) in [7, 11) is 1.69. The van der Waals surface area contributed by atoms with Crippen molar-refractivity contribution in [3.63, 3.8) is 0 Å². The van der Waals surface area contributed by atoms with Crippen LogP contribution < -0.4 is 5.32 Å². The van der Waals surface area contributed by atoms with Crippen molar-refractivity contribution in [2.24, 2.45) is 0 Å². The Balaban J connectivity index is 2.21. The summed E-state index contributed by atoms with van der Waals surface area (Å²) in [6.45, 7) is 5.08. The number of nitrogens with zero attached hydrogens (tertiary/aromatic N) is 2. The van der Waals surface area contributed by atoms with Crippen molar-refractivity contribution in [3.05, 3.63) is 17.6 Å². The largest absolute Gasteiger partial charge is 0.374 e. The lowest BCUT2D eigenvalue weighted by Crippen LogP contribution is -2.09. The fraction of sp³-hybridized carbons (Fsp3) is 0.692. The number of aromatic nitrogens is 2. The Morgan fingerprint density at radius 2 is 2.24 bits per heavy atom. The molecule has 1 aliphatic carbocycles. The maximum Gasteiger partial charge on any atom is 0.159 e. The van der Waals surface area contributed by atoms with Gasteiger partial charge in [0.2, 0.25) is 0 Å². The topological polar surface area (TPSA) is 47.0 Å². The number of methoxy groups -OCH3 is 1. The van der Waals surface area contributed by atoms with Crippen molar-refractivity contribution in [2.45, 2.75) is 45.1 Å². The smallest absolute Gasteiger partial charge is 0.159 e. The first-order valence-electron chi connectivity index (χ1n) is 6.40. The highest BCUT2D eigenvalue weighted by molar-refractivity contribution is 5.38. The van der Waals surface area contributed by atoms with Crippen molar-refractivity contribution in [3.8, 4) is 0 Å². The Morgan fingerprint density at radius 3 is 2.82 bits per heavy atom. The molecule has 1 saturated carbocycles. The molecule has 0 radical (unpaired) electrons. The summed E-state index contributed by atoms with van der Waals surface area (Å²) in [6.07, 6.45) is 3.56. The lowest BCUT2D eigenvalue weighted by Gasteiger charge is -2.12. The van der Waals surface area contributed by atoms with Crippen LogP contribution in [0.4, 0.5) is 5.82 Å². The van der Waals surface area contributed by atoms with E-state index in [9.17, 15) is 0 Å². The van der Waals surface area contributed by atoms with Crippen molar-refractivity contribution in [1.29, 1.82) is 0 Å². The third-order valence-electron chi connectivity index (χ3n) is 3.03. The minimum atomic E-state index is -0.0455. The predicted molar refractivity (Wildman–Crippen MR) is 68.2 cm³/mol. The van der Waals surface area contributed by atoms with Gasteiger partial charge in [-0.05, 0) is 26.2 Å². The second-order valence-electron chi connectivity index (χ2n) is 4.62.